The van der Waals surface area contributed by atoms with E-state index in [1.807, 2.05) is 24.3 Å². The van der Waals surface area contributed by atoms with Crippen LogP contribution >= 0.6 is 15.9 Å². The van der Waals surface area contributed by atoms with E-state index in [4.69, 9.17) is 9.47 Å². The number of rotatable bonds is 2. The first-order valence-corrected chi connectivity index (χ1v) is 10.0. The van der Waals surface area contributed by atoms with Gasteiger partial charge in [-0.3, -0.25) is 4.79 Å². The summed E-state index contributed by atoms with van der Waals surface area (Å²) in [4.78, 5) is 12.4. The number of hydrogen-bond acceptors (Lipinski definition) is 3. The Kier molecular flexibility index (Phi) is 6.48. The van der Waals surface area contributed by atoms with Crippen LogP contribution in [0.4, 0.5) is 13.2 Å². The summed E-state index contributed by atoms with van der Waals surface area (Å²) in [7, 11) is 0. The Balaban J connectivity index is 1.81. The van der Waals surface area contributed by atoms with E-state index in [1.54, 1.807) is 0 Å². The van der Waals surface area contributed by atoms with Crippen molar-refractivity contribution >= 4 is 21.8 Å². The molecule has 27 heavy (non-hydrogen) atoms. The van der Waals surface area contributed by atoms with E-state index >= 15 is 0 Å². The molecule has 2 fully saturated rings. The molecule has 2 saturated heterocycles. The molecule has 3 rings (SSSR count). The van der Waals surface area contributed by atoms with Crippen LogP contribution in [0.2, 0.25) is 0 Å². The Morgan fingerprint density at radius 3 is 2.11 bits per heavy atom. The summed E-state index contributed by atoms with van der Waals surface area (Å²) in [5.74, 6) is -2.86. The molecule has 4 nitrogen and oxygen atoms in total. The van der Waals surface area contributed by atoms with E-state index < -0.39 is 17.9 Å². The summed E-state index contributed by atoms with van der Waals surface area (Å²) in [6.45, 7) is 1.18. The summed E-state index contributed by atoms with van der Waals surface area (Å²) >= 11 is 3.42. The summed E-state index contributed by atoms with van der Waals surface area (Å²) in [6.07, 6.45) is -1.16. The van der Waals surface area contributed by atoms with E-state index in [1.165, 1.54) is 0 Å². The average molecular weight is 450 g/mol. The van der Waals surface area contributed by atoms with Gasteiger partial charge in [0.25, 0.3) is 0 Å². The van der Waals surface area contributed by atoms with Crippen molar-refractivity contribution < 1.29 is 27.4 Å². The fraction of sp³-hybridized carbons (Fsp3) is 0.632. The molecule has 0 radical (unpaired) electrons. The zero-order valence-corrected chi connectivity index (χ0v) is 16.5. The molecule has 1 aromatic rings. The summed E-state index contributed by atoms with van der Waals surface area (Å²) in [6, 6.07) is 7.67. The molecule has 8 heteroatoms. The van der Waals surface area contributed by atoms with Crippen molar-refractivity contribution in [3.8, 4) is 0 Å². The molecule has 1 amide bonds. The van der Waals surface area contributed by atoms with Crippen molar-refractivity contribution in [2.24, 2.45) is 5.92 Å². The van der Waals surface area contributed by atoms with Gasteiger partial charge in [0.1, 0.15) is 0 Å². The van der Waals surface area contributed by atoms with Crippen LogP contribution < -0.4 is 0 Å². The third-order valence-electron chi connectivity index (χ3n) is 5.23. The second-order valence-electron chi connectivity index (χ2n) is 7.00. The number of halogens is 4. The Morgan fingerprint density at radius 1 is 1.04 bits per heavy atom. The first-order valence-electron chi connectivity index (χ1n) is 9.23. The molecular weight excluding hydrogens is 427 g/mol. The predicted octanol–water partition coefficient (Wildman–Crippen LogP) is 4.62. The Morgan fingerprint density at radius 2 is 1.59 bits per heavy atom. The van der Waals surface area contributed by atoms with Gasteiger partial charge in [-0.05, 0) is 44.2 Å². The second kappa shape index (κ2) is 8.49. The maximum atomic E-state index is 12.7. The lowest BCUT2D eigenvalue weighted by Gasteiger charge is -2.45. The van der Waals surface area contributed by atoms with Gasteiger partial charge in [-0.1, -0.05) is 28.1 Å². The lowest BCUT2D eigenvalue weighted by molar-refractivity contribution is -0.289. The molecule has 1 aromatic carbocycles. The Hall–Kier alpha value is -1.12. The zero-order valence-electron chi connectivity index (χ0n) is 14.9. The largest absolute Gasteiger partial charge is 0.471 e. The van der Waals surface area contributed by atoms with Crippen LogP contribution in [0.1, 0.15) is 37.7 Å². The van der Waals surface area contributed by atoms with Crippen LogP contribution in [-0.2, 0) is 20.1 Å². The van der Waals surface area contributed by atoms with Gasteiger partial charge >= 0.3 is 12.1 Å². The highest BCUT2D eigenvalue weighted by molar-refractivity contribution is 9.10. The smallest absolute Gasteiger partial charge is 0.346 e. The Labute approximate surface area is 165 Å². The summed E-state index contributed by atoms with van der Waals surface area (Å²) in [5.41, 5.74) is 0.869. The number of carbonyl (C=O) groups is 1. The molecular formula is C19H23BrF3NO3. The first-order chi connectivity index (χ1) is 12.8. The monoisotopic (exact) mass is 449 g/mol. The third-order valence-corrected chi connectivity index (χ3v) is 5.76. The number of piperidine rings is 1. The van der Waals surface area contributed by atoms with Crippen molar-refractivity contribution in [2.75, 3.05) is 26.3 Å². The normalized spacial score (nSPS) is 22.1. The molecule has 2 aliphatic heterocycles. The fourth-order valence-electron chi connectivity index (χ4n) is 3.83. The quantitative estimate of drug-likeness (QED) is 0.660. The molecule has 0 spiro atoms. The number of benzene rings is 1. The first kappa shape index (κ1) is 20.6. The van der Waals surface area contributed by atoms with Gasteiger partial charge in [0.15, 0.2) is 5.79 Å². The summed E-state index contributed by atoms with van der Waals surface area (Å²) in [5, 5.41) is 0. The molecule has 0 unspecified atom stereocenters. The Bertz CT molecular complexity index is 635. The standard InChI is InChI=1S/C19H23BrF3NO3/c20-16-6-4-14(5-7-16)18(26-12-2-1-3-13-27-18)15-8-10-24(11-9-15)17(25)19(21,22)23/h4-7,15H,1-3,8-13H2. The van der Waals surface area contributed by atoms with Crippen molar-refractivity contribution in [3.63, 3.8) is 0 Å². The molecule has 2 aliphatic rings. The predicted molar refractivity (Wildman–Crippen MR) is 96.9 cm³/mol. The lowest BCUT2D eigenvalue weighted by Crippen LogP contribution is -2.51. The minimum Gasteiger partial charge on any atom is -0.346 e. The van der Waals surface area contributed by atoms with Gasteiger partial charge in [-0.2, -0.15) is 13.2 Å². The minimum atomic E-state index is -4.83. The van der Waals surface area contributed by atoms with E-state index in [-0.39, 0.29) is 19.0 Å². The number of likely N-dealkylation sites (tertiary alicyclic amines) is 1. The van der Waals surface area contributed by atoms with E-state index in [2.05, 4.69) is 15.9 Å². The van der Waals surface area contributed by atoms with Gasteiger partial charge < -0.3 is 14.4 Å². The van der Waals surface area contributed by atoms with Crippen LogP contribution in [-0.4, -0.2) is 43.3 Å². The van der Waals surface area contributed by atoms with Crippen LogP contribution in [0, 0.1) is 5.92 Å². The molecule has 150 valence electrons. The van der Waals surface area contributed by atoms with Crippen LogP contribution in [0.5, 0.6) is 0 Å². The van der Waals surface area contributed by atoms with Crippen LogP contribution in [0.15, 0.2) is 28.7 Å². The number of nitrogens with zero attached hydrogens (tertiary/aromatic N) is 1. The second-order valence-corrected chi connectivity index (χ2v) is 7.91. The van der Waals surface area contributed by atoms with Gasteiger partial charge in [-0.25, -0.2) is 0 Å². The highest BCUT2D eigenvalue weighted by atomic mass is 79.9. The van der Waals surface area contributed by atoms with Gasteiger partial charge in [0.05, 0.1) is 13.2 Å². The van der Waals surface area contributed by atoms with E-state index in [9.17, 15) is 18.0 Å². The summed E-state index contributed by atoms with van der Waals surface area (Å²) < 4.78 is 51.6. The highest BCUT2D eigenvalue weighted by Gasteiger charge is 2.48. The minimum absolute atomic E-state index is 0.0496. The van der Waals surface area contributed by atoms with E-state index in [0.29, 0.717) is 26.1 Å². The average Bonchev–Trinajstić information content (AvgIpc) is 2.62. The van der Waals surface area contributed by atoms with Crippen molar-refractivity contribution in [1.82, 2.24) is 4.90 Å². The molecule has 2 heterocycles. The molecule has 0 saturated carbocycles. The molecule has 0 atom stereocenters. The number of carbonyl (C=O) groups excluding carboxylic acids is 1. The maximum Gasteiger partial charge on any atom is 0.471 e. The van der Waals surface area contributed by atoms with Crippen molar-refractivity contribution in [3.05, 3.63) is 34.3 Å². The van der Waals surface area contributed by atoms with Crippen molar-refractivity contribution in [1.29, 1.82) is 0 Å². The highest BCUT2D eigenvalue weighted by Crippen LogP contribution is 2.43. The number of alkyl halides is 3. The van der Waals surface area contributed by atoms with Crippen molar-refractivity contribution in [2.45, 2.75) is 44.1 Å². The van der Waals surface area contributed by atoms with E-state index in [0.717, 1.165) is 34.2 Å². The number of amides is 1. The molecule has 0 bridgehead atoms. The van der Waals surface area contributed by atoms with Gasteiger partial charge in [0.2, 0.25) is 0 Å². The molecule has 0 N–H and O–H groups in total. The number of hydrogen-bond donors (Lipinski definition) is 0. The fourth-order valence-corrected chi connectivity index (χ4v) is 4.10. The molecule has 0 aliphatic carbocycles. The van der Waals surface area contributed by atoms with Gasteiger partial charge in [0, 0.05) is 29.0 Å². The van der Waals surface area contributed by atoms with Crippen LogP contribution in [0.25, 0.3) is 0 Å². The van der Waals surface area contributed by atoms with Crippen LogP contribution in [0.3, 0.4) is 0 Å². The maximum absolute atomic E-state index is 12.7. The number of ether oxygens (including phenoxy) is 2. The third kappa shape index (κ3) is 4.66. The molecule has 0 aromatic heterocycles. The zero-order chi connectivity index (χ0) is 19.5. The topological polar surface area (TPSA) is 38.8 Å². The SMILES string of the molecule is O=C(N1CCC(C2(c3ccc(Br)cc3)OCCCCCO2)CC1)C(F)(F)F. The lowest BCUT2D eigenvalue weighted by atomic mass is 9.83. The van der Waals surface area contributed by atoms with Gasteiger partial charge in [-0.15, -0.1) is 0 Å².